The van der Waals surface area contributed by atoms with Gasteiger partial charge in [0.15, 0.2) is 0 Å². The van der Waals surface area contributed by atoms with Gasteiger partial charge in [-0.05, 0) is 74.9 Å². The van der Waals surface area contributed by atoms with Crippen LogP contribution in [0.4, 0.5) is 10.5 Å². The fraction of sp³-hybridized carbons (Fsp3) is 0.483. The number of ether oxygens (including phenoxy) is 2. The summed E-state index contributed by atoms with van der Waals surface area (Å²) in [5.74, 6) is 0.0364. The molecule has 2 atom stereocenters. The standard InChI is InChI=1S/C29H41N3O5/c1-9-20-10-12-21(13-11-20)25(26(33)30-22-14-16-23(36-8)17-15-22)32(7)27(34)24(18-19(2)3)31-28(35)37-29(4,5)6/h10-17,19,24-25H,9,18H2,1-8H3,(H,30,33)(H,31,35). The molecular weight excluding hydrogens is 470 g/mol. The Morgan fingerprint density at radius 2 is 1.57 bits per heavy atom. The number of hydrogen-bond acceptors (Lipinski definition) is 5. The van der Waals surface area contributed by atoms with Crippen LogP contribution in [-0.2, 0) is 20.7 Å². The van der Waals surface area contributed by atoms with Gasteiger partial charge >= 0.3 is 6.09 Å². The zero-order valence-electron chi connectivity index (χ0n) is 23.3. The van der Waals surface area contributed by atoms with Crippen LogP contribution in [0.15, 0.2) is 48.5 Å². The van der Waals surface area contributed by atoms with E-state index in [4.69, 9.17) is 9.47 Å². The number of nitrogens with one attached hydrogen (secondary N) is 2. The van der Waals surface area contributed by atoms with E-state index in [0.717, 1.165) is 12.0 Å². The first-order valence-electron chi connectivity index (χ1n) is 12.6. The summed E-state index contributed by atoms with van der Waals surface area (Å²) in [6, 6.07) is 12.8. The lowest BCUT2D eigenvalue weighted by molar-refractivity contribution is -0.139. The fourth-order valence-corrected chi connectivity index (χ4v) is 3.89. The Hall–Kier alpha value is -3.55. The molecule has 0 aliphatic carbocycles. The van der Waals surface area contributed by atoms with Crippen molar-refractivity contribution in [2.75, 3.05) is 19.5 Å². The molecule has 0 radical (unpaired) electrons. The molecule has 8 heteroatoms. The number of benzene rings is 2. The number of carbonyl (C=O) groups is 3. The third-order valence-corrected chi connectivity index (χ3v) is 5.74. The van der Waals surface area contributed by atoms with Gasteiger partial charge in [-0.3, -0.25) is 9.59 Å². The number of alkyl carbamates (subject to hydrolysis) is 1. The summed E-state index contributed by atoms with van der Waals surface area (Å²) in [5.41, 5.74) is 1.66. The predicted molar refractivity (Wildman–Crippen MR) is 146 cm³/mol. The van der Waals surface area contributed by atoms with Gasteiger partial charge in [0.1, 0.15) is 23.4 Å². The van der Waals surface area contributed by atoms with E-state index >= 15 is 0 Å². The third-order valence-electron chi connectivity index (χ3n) is 5.74. The molecule has 0 saturated carbocycles. The summed E-state index contributed by atoms with van der Waals surface area (Å²) < 4.78 is 10.6. The van der Waals surface area contributed by atoms with Crippen LogP contribution in [-0.4, -0.2) is 48.6 Å². The van der Waals surface area contributed by atoms with Crippen molar-refractivity contribution in [2.24, 2.45) is 5.92 Å². The minimum Gasteiger partial charge on any atom is -0.497 e. The Labute approximate surface area is 220 Å². The van der Waals surface area contributed by atoms with Crippen LogP contribution >= 0.6 is 0 Å². The molecule has 2 aromatic rings. The SMILES string of the molecule is CCc1ccc(C(C(=O)Nc2ccc(OC)cc2)N(C)C(=O)C(CC(C)C)NC(=O)OC(C)(C)C)cc1. The van der Waals surface area contributed by atoms with E-state index in [1.54, 1.807) is 59.2 Å². The second-order valence-electron chi connectivity index (χ2n) is 10.5. The Morgan fingerprint density at radius 1 is 0.973 bits per heavy atom. The number of rotatable bonds is 10. The van der Waals surface area contributed by atoms with E-state index in [1.807, 2.05) is 38.1 Å². The Bertz CT molecular complexity index is 1040. The predicted octanol–water partition coefficient (Wildman–Crippen LogP) is 5.34. The van der Waals surface area contributed by atoms with E-state index in [1.165, 1.54) is 4.90 Å². The van der Waals surface area contributed by atoms with Crippen molar-refractivity contribution < 1.29 is 23.9 Å². The molecule has 202 valence electrons. The van der Waals surface area contributed by atoms with E-state index in [0.29, 0.717) is 23.4 Å². The molecule has 0 aliphatic rings. The first-order valence-corrected chi connectivity index (χ1v) is 12.6. The van der Waals surface area contributed by atoms with Gasteiger partial charge in [0.05, 0.1) is 7.11 Å². The average Bonchev–Trinajstić information content (AvgIpc) is 2.82. The van der Waals surface area contributed by atoms with Gasteiger partial charge in [-0.25, -0.2) is 4.79 Å². The van der Waals surface area contributed by atoms with Crippen molar-refractivity contribution in [3.05, 3.63) is 59.7 Å². The monoisotopic (exact) mass is 511 g/mol. The van der Waals surface area contributed by atoms with Gasteiger partial charge in [-0.2, -0.15) is 0 Å². The number of nitrogens with zero attached hydrogens (tertiary/aromatic N) is 1. The van der Waals surface area contributed by atoms with Crippen LogP contribution in [0.3, 0.4) is 0 Å². The largest absolute Gasteiger partial charge is 0.497 e. The molecule has 2 N–H and O–H groups in total. The van der Waals surface area contributed by atoms with E-state index in [2.05, 4.69) is 17.6 Å². The van der Waals surface area contributed by atoms with Crippen LogP contribution in [0, 0.1) is 5.92 Å². The van der Waals surface area contributed by atoms with Gasteiger partial charge in [-0.1, -0.05) is 45.0 Å². The Kier molecular flexibility index (Phi) is 10.5. The minimum absolute atomic E-state index is 0.118. The lowest BCUT2D eigenvalue weighted by Crippen LogP contribution is -2.51. The quantitative estimate of drug-likeness (QED) is 0.449. The summed E-state index contributed by atoms with van der Waals surface area (Å²) >= 11 is 0. The van der Waals surface area contributed by atoms with Gasteiger partial charge in [0, 0.05) is 12.7 Å². The third kappa shape index (κ3) is 9.12. The van der Waals surface area contributed by atoms with E-state index in [-0.39, 0.29) is 17.7 Å². The molecule has 8 nitrogen and oxygen atoms in total. The number of hydrogen-bond donors (Lipinski definition) is 2. The maximum absolute atomic E-state index is 13.7. The number of methoxy groups -OCH3 is 1. The topological polar surface area (TPSA) is 97.0 Å². The summed E-state index contributed by atoms with van der Waals surface area (Å²) in [7, 11) is 3.15. The molecule has 2 rings (SSSR count). The number of likely N-dealkylation sites (N-methyl/N-ethyl adjacent to an activating group) is 1. The molecule has 0 spiro atoms. The highest BCUT2D eigenvalue weighted by atomic mass is 16.6. The van der Waals surface area contributed by atoms with Crippen LogP contribution in [0.2, 0.25) is 0 Å². The minimum atomic E-state index is -0.921. The zero-order chi connectivity index (χ0) is 27.8. The molecule has 0 heterocycles. The second-order valence-corrected chi connectivity index (χ2v) is 10.5. The van der Waals surface area contributed by atoms with Crippen LogP contribution in [0.25, 0.3) is 0 Å². The molecule has 0 saturated heterocycles. The van der Waals surface area contributed by atoms with Crippen molar-refractivity contribution in [2.45, 2.75) is 72.1 Å². The number of aryl methyl sites for hydroxylation is 1. The van der Waals surface area contributed by atoms with Crippen molar-refractivity contribution in [3.63, 3.8) is 0 Å². The van der Waals surface area contributed by atoms with Crippen molar-refractivity contribution in [1.29, 1.82) is 0 Å². The molecule has 2 aromatic carbocycles. The van der Waals surface area contributed by atoms with Crippen molar-refractivity contribution >= 4 is 23.6 Å². The van der Waals surface area contributed by atoms with Crippen LogP contribution < -0.4 is 15.4 Å². The van der Waals surface area contributed by atoms with Gasteiger partial charge < -0.3 is 25.0 Å². The second kappa shape index (κ2) is 13.1. The van der Waals surface area contributed by atoms with Crippen LogP contribution in [0.5, 0.6) is 5.75 Å². The molecule has 0 aliphatic heterocycles. The van der Waals surface area contributed by atoms with Gasteiger partial charge in [-0.15, -0.1) is 0 Å². The van der Waals surface area contributed by atoms with E-state index in [9.17, 15) is 14.4 Å². The number of carbonyl (C=O) groups excluding carboxylic acids is 3. The highest BCUT2D eigenvalue weighted by Gasteiger charge is 2.34. The maximum Gasteiger partial charge on any atom is 0.408 e. The molecule has 2 unspecified atom stereocenters. The highest BCUT2D eigenvalue weighted by molar-refractivity contribution is 5.98. The number of anilines is 1. The summed E-state index contributed by atoms with van der Waals surface area (Å²) in [5, 5.41) is 5.62. The zero-order valence-corrected chi connectivity index (χ0v) is 23.3. The van der Waals surface area contributed by atoms with Gasteiger partial charge in [0.2, 0.25) is 5.91 Å². The lowest BCUT2D eigenvalue weighted by Gasteiger charge is -2.32. The molecule has 0 aromatic heterocycles. The van der Waals surface area contributed by atoms with Crippen LogP contribution in [0.1, 0.15) is 65.1 Å². The Balaban J connectivity index is 2.37. The molecule has 0 fully saturated rings. The molecule has 3 amide bonds. The summed E-state index contributed by atoms with van der Waals surface area (Å²) in [4.78, 5) is 41.2. The lowest BCUT2D eigenvalue weighted by atomic mass is 9.99. The molecule has 0 bridgehead atoms. The summed E-state index contributed by atoms with van der Waals surface area (Å²) in [6.45, 7) is 11.3. The highest BCUT2D eigenvalue weighted by Crippen LogP contribution is 2.25. The van der Waals surface area contributed by atoms with E-state index < -0.39 is 23.8 Å². The number of amides is 3. The average molecular weight is 512 g/mol. The Morgan fingerprint density at radius 3 is 2.05 bits per heavy atom. The fourth-order valence-electron chi connectivity index (χ4n) is 3.89. The maximum atomic E-state index is 13.7. The van der Waals surface area contributed by atoms with Crippen molar-refractivity contribution in [1.82, 2.24) is 10.2 Å². The normalized spacial score (nSPS) is 12.9. The van der Waals surface area contributed by atoms with Gasteiger partial charge in [0.25, 0.3) is 5.91 Å². The molecule has 37 heavy (non-hydrogen) atoms. The summed E-state index contributed by atoms with van der Waals surface area (Å²) in [6.07, 6.45) is 0.573. The van der Waals surface area contributed by atoms with Crippen molar-refractivity contribution in [3.8, 4) is 5.75 Å². The first kappa shape index (κ1) is 29.7. The smallest absolute Gasteiger partial charge is 0.408 e. The molecular formula is C29H41N3O5. The first-order chi connectivity index (χ1) is 17.3.